The van der Waals surface area contributed by atoms with Gasteiger partial charge in [-0.1, -0.05) is 30.7 Å². The topological polar surface area (TPSA) is 65.5 Å². The van der Waals surface area contributed by atoms with Gasteiger partial charge in [0.1, 0.15) is 10.7 Å². The van der Waals surface area contributed by atoms with Crippen LogP contribution in [0.2, 0.25) is 5.02 Å². The lowest BCUT2D eigenvalue weighted by atomic mass is 10.3. The van der Waals surface area contributed by atoms with Crippen molar-refractivity contribution in [3.05, 3.63) is 47.6 Å². The van der Waals surface area contributed by atoms with Gasteiger partial charge in [-0.15, -0.1) is 0 Å². The first-order chi connectivity index (χ1) is 12.0. The third-order valence-electron chi connectivity index (χ3n) is 4.30. The average Bonchev–Trinajstić information content (AvgIpc) is 2.62. The van der Waals surface area contributed by atoms with Gasteiger partial charge < -0.3 is 9.80 Å². The van der Waals surface area contributed by atoms with Gasteiger partial charge in [-0.05, 0) is 30.8 Å². The summed E-state index contributed by atoms with van der Waals surface area (Å²) in [5.41, 5.74) is 0.997. The van der Waals surface area contributed by atoms with Crippen LogP contribution in [-0.2, 0) is 10.0 Å². The highest BCUT2D eigenvalue weighted by atomic mass is 35.5. The number of rotatable bonds is 5. The zero-order valence-electron chi connectivity index (χ0n) is 14.0. The van der Waals surface area contributed by atoms with E-state index in [4.69, 9.17) is 11.6 Å². The molecule has 0 radical (unpaired) electrons. The quantitative estimate of drug-likeness (QED) is 0.863. The first kappa shape index (κ1) is 18.0. The molecule has 0 unspecified atom stereocenters. The molecular formula is C17H21ClN4O2S. The molecule has 1 aromatic carbocycles. The summed E-state index contributed by atoms with van der Waals surface area (Å²) >= 11 is 5.98. The third-order valence-corrected chi connectivity index (χ3v) is 6.15. The molecule has 0 saturated carbocycles. The number of piperazine rings is 1. The van der Waals surface area contributed by atoms with Crippen LogP contribution in [0.15, 0.2) is 47.5 Å². The SMILES string of the molecule is CCN1CCN(c2ccc(NS(=O)(=O)c3ccccc3Cl)nc2)CC1. The van der Waals surface area contributed by atoms with Gasteiger partial charge in [0.15, 0.2) is 0 Å². The van der Waals surface area contributed by atoms with E-state index >= 15 is 0 Å². The molecule has 1 N–H and O–H groups in total. The molecule has 0 spiro atoms. The zero-order chi connectivity index (χ0) is 17.9. The van der Waals surface area contributed by atoms with Crippen molar-refractivity contribution >= 4 is 33.1 Å². The number of halogens is 1. The molecule has 1 aliphatic rings. The van der Waals surface area contributed by atoms with Crippen LogP contribution in [0.4, 0.5) is 11.5 Å². The van der Waals surface area contributed by atoms with E-state index in [9.17, 15) is 8.42 Å². The van der Waals surface area contributed by atoms with Crippen molar-refractivity contribution < 1.29 is 8.42 Å². The molecule has 6 nitrogen and oxygen atoms in total. The van der Waals surface area contributed by atoms with E-state index in [1.807, 2.05) is 6.07 Å². The first-order valence-corrected chi connectivity index (χ1v) is 10.1. The maximum absolute atomic E-state index is 12.4. The number of pyridine rings is 1. The Kier molecular flexibility index (Phi) is 5.46. The molecule has 1 aromatic heterocycles. The maximum atomic E-state index is 12.4. The van der Waals surface area contributed by atoms with Crippen molar-refractivity contribution in [3.63, 3.8) is 0 Å². The molecule has 0 aliphatic carbocycles. The monoisotopic (exact) mass is 380 g/mol. The number of likely N-dealkylation sites (N-methyl/N-ethyl adjacent to an activating group) is 1. The zero-order valence-corrected chi connectivity index (χ0v) is 15.6. The third kappa shape index (κ3) is 4.23. The Labute approximate surface area is 153 Å². The molecule has 25 heavy (non-hydrogen) atoms. The van der Waals surface area contributed by atoms with Crippen molar-refractivity contribution in [3.8, 4) is 0 Å². The van der Waals surface area contributed by atoms with Crippen LogP contribution < -0.4 is 9.62 Å². The van der Waals surface area contributed by atoms with E-state index in [0.29, 0.717) is 0 Å². The molecule has 0 bridgehead atoms. The summed E-state index contributed by atoms with van der Waals surface area (Å²) in [5, 5.41) is 0.181. The first-order valence-electron chi connectivity index (χ1n) is 8.20. The van der Waals surface area contributed by atoms with Crippen LogP contribution in [0.3, 0.4) is 0 Å². The highest BCUT2D eigenvalue weighted by Crippen LogP contribution is 2.23. The van der Waals surface area contributed by atoms with Gasteiger partial charge in [-0.3, -0.25) is 4.72 Å². The number of nitrogens with zero attached hydrogens (tertiary/aromatic N) is 3. The van der Waals surface area contributed by atoms with Crippen LogP contribution >= 0.6 is 11.6 Å². The van der Waals surface area contributed by atoms with Crippen molar-refractivity contribution in [1.82, 2.24) is 9.88 Å². The molecule has 0 atom stereocenters. The molecule has 2 heterocycles. The number of hydrogen-bond acceptors (Lipinski definition) is 5. The normalized spacial score (nSPS) is 16.0. The van der Waals surface area contributed by atoms with Crippen molar-refractivity contribution in [2.75, 3.05) is 42.3 Å². The summed E-state index contributed by atoms with van der Waals surface area (Å²) in [4.78, 5) is 8.94. The lowest BCUT2D eigenvalue weighted by Crippen LogP contribution is -2.46. The molecule has 2 aromatic rings. The molecule has 1 saturated heterocycles. The van der Waals surface area contributed by atoms with Crippen LogP contribution in [-0.4, -0.2) is 51.0 Å². The van der Waals surface area contributed by atoms with Crippen LogP contribution in [0.25, 0.3) is 0 Å². The molecule has 0 amide bonds. The molecule has 1 aliphatic heterocycles. The standard InChI is InChI=1S/C17H21ClN4O2S/c1-2-21-9-11-22(12-10-21)14-7-8-17(19-13-14)20-25(23,24)16-6-4-3-5-15(16)18/h3-8,13H,2,9-12H2,1H3,(H,19,20). The Bertz CT molecular complexity index is 819. The minimum absolute atomic E-state index is 0.0400. The van der Waals surface area contributed by atoms with Gasteiger partial charge in [0.2, 0.25) is 0 Å². The number of sulfonamides is 1. The van der Waals surface area contributed by atoms with Crippen molar-refractivity contribution in [2.45, 2.75) is 11.8 Å². The molecule has 3 rings (SSSR count). The maximum Gasteiger partial charge on any atom is 0.264 e. The summed E-state index contributed by atoms with van der Waals surface area (Å²) in [5.74, 6) is 0.274. The molecule has 134 valence electrons. The number of nitrogens with one attached hydrogen (secondary N) is 1. The van der Waals surface area contributed by atoms with E-state index in [2.05, 4.69) is 26.4 Å². The second kappa shape index (κ2) is 7.59. The van der Waals surface area contributed by atoms with Crippen molar-refractivity contribution in [2.24, 2.45) is 0 Å². The second-order valence-corrected chi connectivity index (χ2v) is 7.92. The Morgan fingerprint density at radius 1 is 1.12 bits per heavy atom. The number of anilines is 2. The van der Waals surface area contributed by atoms with E-state index in [0.717, 1.165) is 38.4 Å². The van der Waals surface area contributed by atoms with E-state index in [1.54, 1.807) is 30.5 Å². The van der Waals surface area contributed by atoms with Gasteiger partial charge in [0.05, 0.1) is 16.9 Å². The second-order valence-electron chi connectivity index (χ2n) is 5.86. The Morgan fingerprint density at radius 3 is 2.44 bits per heavy atom. The van der Waals surface area contributed by atoms with Crippen LogP contribution in [0.5, 0.6) is 0 Å². The predicted octanol–water partition coefficient (Wildman–Crippen LogP) is 2.68. The summed E-state index contributed by atoms with van der Waals surface area (Å²) in [7, 11) is -3.76. The Morgan fingerprint density at radius 2 is 1.84 bits per heavy atom. The molecule has 8 heteroatoms. The fourth-order valence-electron chi connectivity index (χ4n) is 2.81. The van der Waals surface area contributed by atoms with Crippen molar-refractivity contribution in [1.29, 1.82) is 0 Å². The smallest absolute Gasteiger partial charge is 0.264 e. The predicted molar refractivity (Wildman–Crippen MR) is 101 cm³/mol. The highest BCUT2D eigenvalue weighted by molar-refractivity contribution is 7.92. The van der Waals surface area contributed by atoms with E-state index < -0.39 is 10.0 Å². The van der Waals surface area contributed by atoms with Crippen LogP contribution in [0, 0.1) is 0 Å². The van der Waals surface area contributed by atoms with Gasteiger partial charge in [0, 0.05) is 26.2 Å². The minimum atomic E-state index is -3.76. The highest BCUT2D eigenvalue weighted by Gasteiger charge is 2.19. The summed E-state index contributed by atoms with van der Waals surface area (Å²) in [6.45, 7) is 7.17. The van der Waals surface area contributed by atoms with Gasteiger partial charge in [-0.25, -0.2) is 13.4 Å². The number of hydrogen-bond donors (Lipinski definition) is 1. The fraction of sp³-hybridized carbons (Fsp3) is 0.353. The molecule has 1 fully saturated rings. The molecular weight excluding hydrogens is 360 g/mol. The summed E-state index contributed by atoms with van der Waals surface area (Å²) < 4.78 is 27.3. The lowest BCUT2D eigenvalue weighted by molar-refractivity contribution is 0.271. The van der Waals surface area contributed by atoms with Gasteiger partial charge in [0.25, 0.3) is 10.0 Å². The van der Waals surface area contributed by atoms with Gasteiger partial charge >= 0.3 is 0 Å². The van der Waals surface area contributed by atoms with Crippen LogP contribution in [0.1, 0.15) is 6.92 Å². The van der Waals surface area contributed by atoms with E-state index in [1.165, 1.54) is 6.07 Å². The van der Waals surface area contributed by atoms with E-state index in [-0.39, 0.29) is 15.7 Å². The Balaban J connectivity index is 1.70. The summed E-state index contributed by atoms with van der Waals surface area (Å²) in [6, 6.07) is 9.89. The summed E-state index contributed by atoms with van der Waals surface area (Å²) in [6.07, 6.45) is 1.70. The average molecular weight is 381 g/mol. The number of aromatic nitrogens is 1. The fourth-order valence-corrected chi connectivity index (χ4v) is 4.34. The largest absolute Gasteiger partial charge is 0.368 e. The Hall–Kier alpha value is -1.83. The number of benzene rings is 1. The van der Waals surface area contributed by atoms with Gasteiger partial charge in [-0.2, -0.15) is 0 Å². The minimum Gasteiger partial charge on any atom is -0.368 e. The lowest BCUT2D eigenvalue weighted by Gasteiger charge is -2.35.